The van der Waals surface area contributed by atoms with E-state index in [-0.39, 0.29) is 5.92 Å². The minimum absolute atomic E-state index is 0.223. The van der Waals surface area contributed by atoms with Crippen LogP contribution in [-0.2, 0) is 11.2 Å². The van der Waals surface area contributed by atoms with Crippen LogP contribution in [0.4, 0.5) is 0 Å². The predicted molar refractivity (Wildman–Crippen MR) is 124 cm³/mol. The van der Waals surface area contributed by atoms with Gasteiger partial charge >= 0.3 is 0 Å². The summed E-state index contributed by atoms with van der Waals surface area (Å²) in [7, 11) is 2.05. The second-order valence-corrected chi connectivity index (χ2v) is 10.0. The number of benzene rings is 1. The molecule has 0 radical (unpaired) electrons. The highest BCUT2D eigenvalue weighted by molar-refractivity contribution is 5.79. The molecule has 0 N–H and O–H groups in total. The number of carbonyl (C=O) groups excluding carboxylic acids is 1. The van der Waals surface area contributed by atoms with Crippen molar-refractivity contribution in [1.82, 2.24) is 14.7 Å². The van der Waals surface area contributed by atoms with E-state index in [1.165, 1.54) is 76.7 Å². The summed E-state index contributed by atoms with van der Waals surface area (Å²) in [5.74, 6) is 1.38. The lowest BCUT2D eigenvalue weighted by Crippen LogP contribution is -2.51. The zero-order chi connectivity index (χ0) is 20.8. The fraction of sp³-hybridized carbons (Fsp3) is 0.731. The number of amides is 1. The Morgan fingerprint density at radius 3 is 2.43 bits per heavy atom. The topological polar surface area (TPSA) is 26.8 Å². The van der Waals surface area contributed by atoms with Crippen molar-refractivity contribution in [1.29, 1.82) is 0 Å². The second kappa shape index (κ2) is 10.8. The van der Waals surface area contributed by atoms with Crippen LogP contribution in [0.25, 0.3) is 0 Å². The van der Waals surface area contributed by atoms with E-state index in [1.54, 1.807) is 0 Å². The molecule has 166 valence electrons. The first kappa shape index (κ1) is 21.8. The summed E-state index contributed by atoms with van der Waals surface area (Å²) in [4.78, 5) is 20.4. The van der Waals surface area contributed by atoms with E-state index < -0.39 is 0 Å². The summed E-state index contributed by atoms with van der Waals surface area (Å²) in [6.07, 6.45) is 11.3. The molecule has 30 heavy (non-hydrogen) atoms. The molecule has 1 aromatic rings. The summed E-state index contributed by atoms with van der Waals surface area (Å²) in [5, 5.41) is 0. The lowest BCUT2D eigenvalue weighted by Gasteiger charge is -2.42. The molecule has 0 bridgehead atoms. The maximum absolute atomic E-state index is 13.1. The van der Waals surface area contributed by atoms with Gasteiger partial charge in [-0.15, -0.1) is 0 Å². The van der Waals surface area contributed by atoms with Crippen molar-refractivity contribution in [3.63, 3.8) is 0 Å². The van der Waals surface area contributed by atoms with Crippen molar-refractivity contribution in [2.24, 2.45) is 11.8 Å². The molecule has 4 heteroatoms. The minimum atomic E-state index is 0.223. The Balaban J connectivity index is 1.20. The number of hydrogen-bond acceptors (Lipinski definition) is 3. The molecule has 2 heterocycles. The maximum Gasteiger partial charge on any atom is 0.226 e. The summed E-state index contributed by atoms with van der Waals surface area (Å²) in [5.41, 5.74) is 1.44. The molecule has 1 amide bonds. The zero-order valence-corrected chi connectivity index (χ0v) is 19.0. The normalized spacial score (nSPS) is 24.9. The lowest BCUT2D eigenvalue weighted by atomic mass is 9.92. The fourth-order valence-corrected chi connectivity index (χ4v) is 5.96. The standard InChI is InChI=1S/C26H41N3O/c1-27(20-23-10-5-6-11-23)26(30)24-12-7-16-29(21-24)25-14-18-28(19-15-25)17-13-22-8-3-2-4-9-22/h2-4,8-9,23-25H,5-7,10-21H2,1H3/t24-/m1/s1. The number of carbonyl (C=O) groups is 1. The molecule has 4 rings (SSSR count). The molecule has 4 nitrogen and oxygen atoms in total. The predicted octanol–water partition coefficient (Wildman–Crippen LogP) is 4.05. The van der Waals surface area contributed by atoms with Gasteiger partial charge in [-0.05, 0) is 76.1 Å². The average Bonchev–Trinajstić information content (AvgIpc) is 3.31. The van der Waals surface area contributed by atoms with E-state index in [0.717, 1.165) is 31.8 Å². The molecule has 0 aromatic heterocycles. The van der Waals surface area contributed by atoms with Crippen LogP contribution < -0.4 is 0 Å². The molecule has 3 aliphatic rings. The maximum atomic E-state index is 13.1. The smallest absolute Gasteiger partial charge is 0.226 e. The van der Waals surface area contributed by atoms with Gasteiger partial charge in [0.15, 0.2) is 0 Å². The average molecular weight is 412 g/mol. The van der Waals surface area contributed by atoms with E-state index in [9.17, 15) is 4.79 Å². The fourth-order valence-electron chi connectivity index (χ4n) is 5.96. The Hall–Kier alpha value is -1.39. The van der Waals surface area contributed by atoms with Crippen LogP contribution in [-0.4, -0.2) is 73.0 Å². The van der Waals surface area contributed by atoms with Crippen LogP contribution in [0.3, 0.4) is 0 Å². The number of hydrogen-bond donors (Lipinski definition) is 0. The SMILES string of the molecule is CN(CC1CCCC1)C(=O)[C@@H]1CCCN(C2CCN(CCc3ccccc3)CC2)C1. The van der Waals surface area contributed by atoms with Gasteiger partial charge in [-0.2, -0.15) is 0 Å². The largest absolute Gasteiger partial charge is 0.345 e. The number of nitrogens with zero attached hydrogens (tertiary/aromatic N) is 3. The van der Waals surface area contributed by atoms with Gasteiger partial charge in [-0.1, -0.05) is 43.2 Å². The summed E-state index contributed by atoms with van der Waals surface area (Å²) in [6.45, 7) is 6.73. The first-order chi connectivity index (χ1) is 14.7. The van der Waals surface area contributed by atoms with E-state index in [0.29, 0.717) is 11.9 Å². The third-order valence-corrected chi connectivity index (χ3v) is 7.82. The van der Waals surface area contributed by atoms with Crippen molar-refractivity contribution >= 4 is 5.91 Å². The molecule has 0 spiro atoms. The first-order valence-electron chi connectivity index (χ1n) is 12.4. The molecule has 2 saturated heterocycles. The van der Waals surface area contributed by atoms with Crippen LogP contribution >= 0.6 is 0 Å². The molecular weight excluding hydrogens is 370 g/mol. The first-order valence-corrected chi connectivity index (χ1v) is 12.4. The van der Waals surface area contributed by atoms with Crippen LogP contribution in [0.1, 0.15) is 56.9 Å². The van der Waals surface area contributed by atoms with Crippen LogP contribution in [0.15, 0.2) is 30.3 Å². The van der Waals surface area contributed by atoms with Crippen LogP contribution in [0.2, 0.25) is 0 Å². The van der Waals surface area contributed by atoms with Gasteiger partial charge < -0.3 is 9.80 Å². The Kier molecular flexibility index (Phi) is 7.83. The Labute approximate surface area is 183 Å². The van der Waals surface area contributed by atoms with Gasteiger partial charge in [0, 0.05) is 32.7 Å². The zero-order valence-electron chi connectivity index (χ0n) is 19.0. The molecule has 1 aliphatic carbocycles. The minimum Gasteiger partial charge on any atom is -0.345 e. The molecule has 2 aliphatic heterocycles. The van der Waals surface area contributed by atoms with Crippen molar-refractivity contribution in [2.75, 3.05) is 46.3 Å². The van der Waals surface area contributed by atoms with Crippen molar-refractivity contribution in [3.8, 4) is 0 Å². The monoisotopic (exact) mass is 411 g/mol. The van der Waals surface area contributed by atoms with E-state index in [2.05, 4.69) is 45.0 Å². The summed E-state index contributed by atoms with van der Waals surface area (Å²) in [6, 6.07) is 11.5. The molecular formula is C26H41N3O. The van der Waals surface area contributed by atoms with Crippen molar-refractivity contribution in [3.05, 3.63) is 35.9 Å². The Bertz CT molecular complexity index is 650. The highest BCUT2D eigenvalue weighted by Crippen LogP contribution is 2.28. The van der Waals surface area contributed by atoms with E-state index >= 15 is 0 Å². The molecule has 1 atom stereocenters. The third kappa shape index (κ3) is 5.85. The third-order valence-electron chi connectivity index (χ3n) is 7.82. The Morgan fingerprint density at radius 1 is 0.967 bits per heavy atom. The summed E-state index contributed by atoms with van der Waals surface area (Å²) >= 11 is 0. The second-order valence-electron chi connectivity index (χ2n) is 10.0. The highest BCUT2D eigenvalue weighted by Gasteiger charge is 2.33. The Morgan fingerprint density at radius 2 is 1.70 bits per heavy atom. The van der Waals surface area contributed by atoms with Gasteiger partial charge in [-0.25, -0.2) is 0 Å². The van der Waals surface area contributed by atoms with Gasteiger partial charge in [0.25, 0.3) is 0 Å². The molecule has 0 unspecified atom stereocenters. The van der Waals surface area contributed by atoms with Gasteiger partial charge in [0.05, 0.1) is 5.92 Å². The molecule has 1 saturated carbocycles. The number of rotatable bonds is 7. The van der Waals surface area contributed by atoms with Crippen molar-refractivity contribution in [2.45, 2.75) is 63.8 Å². The van der Waals surface area contributed by atoms with Gasteiger partial charge in [0.2, 0.25) is 5.91 Å². The molecule has 3 fully saturated rings. The van der Waals surface area contributed by atoms with Crippen LogP contribution in [0.5, 0.6) is 0 Å². The van der Waals surface area contributed by atoms with Gasteiger partial charge in [0.1, 0.15) is 0 Å². The van der Waals surface area contributed by atoms with E-state index in [1.807, 2.05) is 7.05 Å². The quantitative estimate of drug-likeness (QED) is 0.677. The number of piperidine rings is 2. The molecule has 1 aromatic carbocycles. The van der Waals surface area contributed by atoms with E-state index in [4.69, 9.17) is 0 Å². The van der Waals surface area contributed by atoms with Gasteiger partial charge in [-0.3, -0.25) is 9.69 Å². The summed E-state index contributed by atoms with van der Waals surface area (Å²) < 4.78 is 0. The highest BCUT2D eigenvalue weighted by atomic mass is 16.2. The lowest BCUT2D eigenvalue weighted by molar-refractivity contribution is -0.137. The van der Waals surface area contributed by atoms with Crippen LogP contribution in [0, 0.1) is 11.8 Å². The van der Waals surface area contributed by atoms with Crippen molar-refractivity contribution < 1.29 is 4.79 Å². The number of likely N-dealkylation sites (tertiary alicyclic amines) is 2.